The molecule has 0 bridgehead atoms. The van der Waals surface area contributed by atoms with E-state index in [2.05, 4.69) is 20.4 Å². The Labute approximate surface area is 69.0 Å². The fourth-order valence-corrected chi connectivity index (χ4v) is 1.21. The predicted octanol–water partition coefficient (Wildman–Crippen LogP) is -0.0290. The molecule has 0 saturated heterocycles. The highest BCUT2D eigenvalue weighted by molar-refractivity contribution is 5.83. The molecule has 2 rings (SSSR count). The molecule has 0 saturated carbocycles. The van der Waals surface area contributed by atoms with Crippen LogP contribution in [0.3, 0.4) is 0 Å². The van der Waals surface area contributed by atoms with Crippen molar-refractivity contribution in [1.29, 1.82) is 0 Å². The van der Waals surface area contributed by atoms with E-state index in [4.69, 9.17) is 5.84 Å². The van der Waals surface area contributed by atoms with E-state index >= 15 is 0 Å². The molecule has 2 aromatic rings. The predicted molar refractivity (Wildman–Crippen MR) is 45.2 cm³/mol. The van der Waals surface area contributed by atoms with E-state index in [1.54, 1.807) is 6.20 Å². The van der Waals surface area contributed by atoms with Crippen molar-refractivity contribution in [2.75, 3.05) is 5.43 Å². The number of hydrazine groups is 1. The molecule has 0 aliphatic heterocycles. The Kier molecular flexibility index (Phi) is 1.44. The first-order valence-electron chi connectivity index (χ1n) is 3.65. The zero-order valence-corrected chi connectivity index (χ0v) is 6.68. The van der Waals surface area contributed by atoms with Crippen molar-refractivity contribution in [1.82, 2.24) is 9.97 Å². The Morgan fingerprint density at radius 3 is 3.25 bits per heavy atom. The van der Waals surface area contributed by atoms with E-state index in [0.29, 0.717) is 0 Å². The lowest BCUT2D eigenvalue weighted by Crippen LogP contribution is -2.17. The number of pyridine rings is 1. The lowest BCUT2D eigenvalue weighted by atomic mass is 10.4. The van der Waals surface area contributed by atoms with Gasteiger partial charge in [-0.05, 0) is 6.92 Å². The molecule has 0 radical (unpaired) electrons. The fraction of sp³-hybridized carbons (Fsp3) is 0.143. The second-order valence-electron chi connectivity index (χ2n) is 2.58. The van der Waals surface area contributed by atoms with Gasteiger partial charge in [0.2, 0.25) is 0 Å². The van der Waals surface area contributed by atoms with Crippen molar-refractivity contribution in [2.24, 2.45) is 5.84 Å². The van der Waals surface area contributed by atoms with Crippen LogP contribution in [0.2, 0.25) is 0 Å². The number of hydrogen-bond donors (Lipinski definition) is 3. The standard InChI is InChI=1S/C7H9N5/c1-4-10-5-2-3-9-7(12-8)6(5)11-4/h2-3H,8H2,1H3,(H,9,12)(H,10,11)/p+1. The van der Waals surface area contributed by atoms with Crippen molar-refractivity contribution in [3.05, 3.63) is 18.1 Å². The number of aromatic amines is 2. The smallest absolute Gasteiger partial charge is 0.318 e. The molecule has 5 heteroatoms. The van der Waals surface area contributed by atoms with Gasteiger partial charge in [-0.2, -0.15) is 11.3 Å². The molecule has 0 spiro atoms. The van der Waals surface area contributed by atoms with E-state index in [-0.39, 0.29) is 0 Å². The first kappa shape index (κ1) is 7.05. The number of imidazole rings is 1. The van der Waals surface area contributed by atoms with Gasteiger partial charge in [-0.15, -0.1) is 0 Å². The van der Waals surface area contributed by atoms with Crippen LogP contribution in [0.5, 0.6) is 0 Å². The van der Waals surface area contributed by atoms with Crippen molar-refractivity contribution in [3.8, 4) is 0 Å². The molecule has 0 amide bonds. The molecule has 5 nitrogen and oxygen atoms in total. The Morgan fingerprint density at radius 1 is 1.67 bits per heavy atom. The molecule has 5 N–H and O–H groups in total. The number of nitrogens with one attached hydrogen (secondary N) is 3. The largest absolute Gasteiger partial charge is 0.342 e. The summed E-state index contributed by atoms with van der Waals surface area (Å²) in [6, 6.07) is 1.91. The molecule has 12 heavy (non-hydrogen) atoms. The van der Waals surface area contributed by atoms with Crippen LogP contribution in [0.25, 0.3) is 11.0 Å². The lowest BCUT2D eigenvalue weighted by molar-refractivity contribution is -0.359. The van der Waals surface area contributed by atoms with E-state index < -0.39 is 0 Å². The number of nitrogens with two attached hydrogens (primary N) is 1. The van der Waals surface area contributed by atoms with E-state index in [1.165, 1.54) is 0 Å². The Hall–Kier alpha value is -1.62. The molecule has 0 aliphatic rings. The minimum atomic E-state index is 0.719. The van der Waals surface area contributed by atoms with Gasteiger partial charge in [-0.3, -0.25) is 0 Å². The van der Waals surface area contributed by atoms with Crippen molar-refractivity contribution in [2.45, 2.75) is 6.92 Å². The molecule has 0 aromatic carbocycles. The highest BCUT2D eigenvalue weighted by atomic mass is 15.3. The summed E-state index contributed by atoms with van der Waals surface area (Å²) in [6.07, 6.45) is 1.80. The monoisotopic (exact) mass is 164 g/mol. The van der Waals surface area contributed by atoms with Gasteiger partial charge in [0.05, 0.1) is 11.7 Å². The highest BCUT2D eigenvalue weighted by Gasteiger charge is 2.08. The average Bonchev–Trinajstić information content (AvgIpc) is 2.44. The summed E-state index contributed by atoms with van der Waals surface area (Å²) in [4.78, 5) is 10.3. The highest BCUT2D eigenvalue weighted by Crippen LogP contribution is 2.13. The van der Waals surface area contributed by atoms with Crippen LogP contribution in [0.15, 0.2) is 12.3 Å². The summed E-state index contributed by atoms with van der Waals surface area (Å²) < 4.78 is 0. The summed E-state index contributed by atoms with van der Waals surface area (Å²) in [5.41, 5.74) is 4.35. The second-order valence-corrected chi connectivity index (χ2v) is 2.58. The normalized spacial score (nSPS) is 10.5. The van der Waals surface area contributed by atoms with Crippen LogP contribution in [-0.2, 0) is 0 Å². The number of rotatable bonds is 1. The number of H-pyrrole nitrogens is 2. The number of nitrogens with zero attached hydrogens (tertiary/aromatic N) is 1. The quantitative estimate of drug-likeness (QED) is 0.409. The maximum Gasteiger partial charge on any atom is 0.318 e. The average molecular weight is 164 g/mol. The van der Waals surface area contributed by atoms with Gasteiger partial charge in [0.15, 0.2) is 5.52 Å². The van der Waals surface area contributed by atoms with Gasteiger partial charge in [0, 0.05) is 6.07 Å². The number of anilines is 1. The third-order valence-corrected chi connectivity index (χ3v) is 1.71. The number of fused-ring (bicyclic) bond motifs is 1. The first-order valence-corrected chi connectivity index (χ1v) is 3.65. The maximum atomic E-state index is 5.29. The van der Waals surface area contributed by atoms with E-state index in [0.717, 1.165) is 22.7 Å². The first-order chi connectivity index (χ1) is 5.81. The van der Waals surface area contributed by atoms with Gasteiger partial charge in [-0.25, -0.2) is 9.97 Å². The SMILES string of the molecule is Cc1nc2c(NN)[nH+]ccc2[nH]1. The Balaban J connectivity index is 2.78. The zero-order valence-electron chi connectivity index (χ0n) is 6.68. The number of aromatic nitrogens is 3. The van der Waals surface area contributed by atoms with Gasteiger partial charge >= 0.3 is 5.82 Å². The lowest BCUT2D eigenvalue weighted by Gasteiger charge is -1.89. The van der Waals surface area contributed by atoms with Gasteiger partial charge in [0.1, 0.15) is 5.82 Å². The molecule has 2 heterocycles. The Morgan fingerprint density at radius 2 is 2.50 bits per heavy atom. The number of aryl methyl sites for hydroxylation is 1. The zero-order chi connectivity index (χ0) is 8.55. The fourth-order valence-electron chi connectivity index (χ4n) is 1.21. The van der Waals surface area contributed by atoms with Crippen molar-refractivity contribution >= 4 is 16.9 Å². The van der Waals surface area contributed by atoms with Crippen LogP contribution in [0, 0.1) is 6.92 Å². The molecular weight excluding hydrogens is 154 g/mol. The molecule has 0 fully saturated rings. The third kappa shape index (κ3) is 0.911. The summed E-state index contributed by atoms with van der Waals surface area (Å²) in [7, 11) is 0. The minimum absolute atomic E-state index is 0.719. The van der Waals surface area contributed by atoms with Crippen LogP contribution in [-0.4, -0.2) is 9.97 Å². The van der Waals surface area contributed by atoms with Gasteiger partial charge in [0.25, 0.3) is 0 Å². The van der Waals surface area contributed by atoms with Crippen LogP contribution >= 0.6 is 0 Å². The topological polar surface area (TPSA) is 80.9 Å². The van der Waals surface area contributed by atoms with Crippen LogP contribution in [0.4, 0.5) is 5.82 Å². The second kappa shape index (κ2) is 2.46. The molecule has 0 aliphatic carbocycles. The molecule has 2 aromatic heterocycles. The minimum Gasteiger partial charge on any atom is -0.342 e. The summed E-state index contributed by atoms with van der Waals surface area (Å²) >= 11 is 0. The van der Waals surface area contributed by atoms with Crippen molar-refractivity contribution < 1.29 is 4.98 Å². The number of nitrogen functional groups attached to an aromatic ring is 1. The maximum absolute atomic E-state index is 5.29. The van der Waals surface area contributed by atoms with Crippen LogP contribution < -0.4 is 16.3 Å². The number of hydrogen-bond acceptors (Lipinski definition) is 3. The molecule has 0 atom stereocenters. The molecular formula is C7H10N5+. The Bertz CT molecular complexity index is 405. The van der Waals surface area contributed by atoms with E-state index in [1.807, 2.05) is 13.0 Å². The summed E-state index contributed by atoms with van der Waals surface area (Å²) in [5.74, 6) is 6.89. The summed E-state index contributed by atoms with van der Waals surface area (Å²) in [6.45, 7) is 1.90. The molecule has 0 unspecified atom stereocenters. The summed E-state index contributed by atoms with van der Waals surface area (Å²) in [5, 5.41) is 0. The molecule has 62 valence electrons. The van der Waals surface area contributed by atoms with E-state index in [9.17, 15) is 0 Å². The van der Waals surface area contributed by atoms with Gasteiger partial charge in [-0.1, -0.05) is 0 Å². The van der Waals surface area contributed by atoms with Crippen molar-refractivity contribution in [3.63, 3.8) is 0 Å². The third-order valence-electron chi connectivity index (χ3n) is 1.71. The van der Waals surface area contributed by atoms with Crippen LogP contribution in [0.1, 0.15) is 5.82 Å². The van der Waals surface area contributed by atoms with Gasteiger partial charge < -0.3 is 4.98 Å².